The lowest BCUT2D eigenvalue weighted by Crippen LogP contribution is -2.48. The average molecular weight is 451 g/mol. The maximum absolute atomic E-state index is 12.7. The lowest BCUT2D eigenvalue weighted by Gasteiger charge is -2.35. The smallest absolute Gasteiger partial charge is 0.422 e. The van der Waals surface area contributed by atoms with Crippen LogP contribution in [0.25, 0.3) is 0 Å². The molecule has 2 unspecified atom stereocenters. The summed E-state index contributed by atoms with van der Waals surface area (Å²) in [4.78, 5) is 30.4. The molecular weight excluding hydrogens is 427 g/mol. The topological polar surface area (TPSA) is 80.8 Å². The summed E-state index contributed by atoms with van der Waals surface area (Å²) in [5, 5.41) is 2.70. The first-order chi connectivity index (χ1) is 15.1. The molecule has 172 valence electrons. The van der Waals surface area contributed by atoms with E-state index < -0.39 is 18.7 Å². The van der Waals surface area contributed by atoms with E-state index in [0.29, 0.717) is 18.7 Å². The van der Waals surface area contributed by atoms with Crippen LogP contribution in [0.15, 0.2) is 42.6 Å². The molecule has 1 aliphatic heterocycles. The molecule has 0 aliphatic carbocycles. The van der Waals surface area contributed by atoms with Crippen molar-refractivity contribution in [3.63, 3.8) is 0 Å². The minimum Gasteiger partial charge on any atom is -0.468 e. The number of alkyl halides is 3. The molecule has 3 rings (SSSR count). The van der Waals surface area contributed by atoms with Crippen molar-refractivity contribution in [1.29, 1.82) is 0 Å². The Hall–Kier alpha value is -3.14. The van der Waals surface area contributed by atoms with Gasteiger partial charge in [-0.15, -0.1) is 0 Å². The van der Waals surface area contributed by atoms with Crippen molar-refractivity contribution in [3.05, 3.63) is 59.3 Å². The van der Waals surface area contributed by atoms with Crippen LogP contribution in [0.5, 0.6) is 5.88 Å². The zero-order chi connectivity index (χ0) is 23.3. The Morgan fingerprint density at radius 2 is 1.72 bits per heavy atom. The van der Waals surface area contributed by atoms with Crippen molar-refractivity contribution in [2.75, 3.05) is 19.7 Å². The van der Waals surface area contributed by atoms with Crippen molar-refractivity contribution in [3.8, 4) is 5.88 Å². The molecular formula is C22H24F3N3O4. The standard InChI is InChI=1S/C22H24F3N3O4/c1-14-11-28(12-15(2)32-14)21(30)17-5-3-16(4-6-17)9-27-20(29)18-7-8-19(26-10-18)31-13-22(23,24)25/h3-8,10,14-15H,9,11-13H2,1-2H3,(H,27,29). The number of morpholine rings is 1. The predicted molar refractivity (Wildman–Crippen MR) is 109 cm³/mol. The van der Waals surface area contributed by atoms with Gasteiger partial charge in [-0.2, -0.15) is 13.2 Å². The maximum Gasteiger partial charge on any atom is 0.422 e. The first-order valence-electron chi connectivity index (χ1n) is 10.1. The van der Waals surface area contributed by atoms with Crippen LogP contribution in [0.1, 0.15) is 40.1 Å². The second-order valence-corrected chi connectivity index (χ2v) is 7.64. The Bertz CT molecular complexity index is 923. The molecule has 0 spiro atoms. The molecule has 1 fully saturated rings. The molecule has 7 nitrogen and oxygen atoms in total. The number of nitrogens with one attached hydrogen (secondary N) is 1. The van der Waals surface area contributed by atoms with E-state index in [2.05, 4.69) is 15.0 Å². The van der Waals surface area contributed by atoms with Crippen molar-refractivity contribution in [2.24, 2.45) is 0 Å². The first kappa shape index (κ1) is 23.5. The van der Waals surface area contributed by atoms with Gasteiger partial charge in [-0.05, 0) is 37.6 Å². The number of amides is 2. The number of aromatic nitrogens is 1. The molecule has 1 saturated heterocycles. The molecule has 1 aliphatic rings. The number of nitrogens with zero attached hydrogens (tertiary/aromatic N) is 2. The van der Waals surface area contributed by atoms with Gasteiger partial charge >= 0.3 is 6.18 Å². The van der Waals surface area contributed by atoms with Crippen molar-refractivity contribution < 1.29 is 32.2 Å². The monoisotopic (exact) mass is 451 g/mol. The van der Waals surface area contributed by atoms with Crippen molar-refractivity contribution >= 4 is 11.8 Å². The lowest BCUT2D eigenvalue weighted by molar-refractivity contribution is -0.154. The molecule has 2 atom stereocenters. The predicted octanol–water partition coefficient (Wildman–Crippen LogP) is 3.20. The molecule has 0 bridgehead atoms. The molecule has 0 saturated carbocycles. The highest BCUT2D eigenvalue weighted by Gasteiger charge is 2.29. The van der Waals surface area contributed by atoms with Gasteiger partial charge in [0.05, 0.1) is 17.8 Å². The summed E-state index contributed by atoms with van der Waals surface area (Å²) in [5.74, 6) is -0.721. The number of benzene rings is 1. The van der Waals surface area contributed by atoms with Crippen LogP contribution in [0.3, 0.4) is 0 Å². The Morgan fingerprint density at radius 1 is 1.09 bits per heavy atom. The summed E-state index contributed by atoms with van der Waals surface area (Å²) in [5.41, 5.74) is 1.53. The summed E-state index contributed by atoms with van der Waals surface area (Å²) in [6.45, 7) is 3.70. The lowest BCUT2D eigenvalue weighted by atomic mass is 10.1. The summed E-state index contributed by atoms with van der Waals surface area (Å²) in [6.07, 6.45) is -3.35. The summed E-state index contributed by atoms with van der Waals surface area (Å²) in [6, 6.07) is 9.47. The zero-order valence-electron chi connectivity index (χ0n) is 17.7. The van der Waals surface area contributed by atoms with Crippen LogP contribution in [0.2, 0.25) is 0 Å². The summed E-state index contributed by atoms with van der Waals surface area (Å²) < 4.78 is 46.7. The molecule has 2 heterocycles. The van der Waals surface area contributed by atoms with Crippen LogP contribution in [-0.2, 0) is 11.3 Å². The quantitative estimate of drug-likeness (QED) is 0.730. The van der Waals surface area contributed by atoms with E-state index in [0.717, 1.165) is 11.8 Å². The van der Waals surface area contributed by atoms with Crippen LogP contribution >= 0.6 is 0 Å². The number of pyridine rings is 1. The van der Waals surface area contributed by atoms with Crippen molar-refractivity contribution in [2.45, 2.75) is 38.8 Å². The second-order valence-electron chi connectivity index (χ2n) is 7.64. The van der Waals surface area contributed by atoms with Gasteiger partial charge in [0.2, 0.25) is 5.88 Å². The number of ether oxygens (including phenoxy) is 2. The minimum atomic E-state index is -4.46. The number of carbonyl (C=O) groups excluding carboxylic acids is 2. The third-order valence-electron chi connectivity index (χ3n) is 4.74. The van der Waals surface area contributed by atoms with E-state index in [1.54, 1.807) is 29.2 Å². The number of halogens is 3. The SMILES string of the molecule is CC1CN(C(=O)c2ccc(CNC(=O)c3ccc(OCC(F)(F)F)nc3)cc2)CC(C)O1. The number of carbonyl (C=O) groups is 2. The summed E-state index contributed by atoms with van der Waals surface area (Å²) >= 11 is 0. The van der Waals surface area contributed by atoms with Gasteiger partial charge in [-0.1, -0.05) is 12.1 Å². The Labute approximate surface area is 183 Å². The summed E-state index contributed by atoms with van der Waals surface area (Å²) in [7, 11) is 0. The van der Waals surface area contributed by atoms with Gasteiger partial charge in [-0.3, -0.25) is 9.59 Å². The number of rotatable bonds is 6. The highest BCUT2D eigenvalue weighted by Crippen LogP contribution is 2.17. The number of hydrogen-bond donors (Lipinski definition) is 1. The fraction of sp³-hybridized carbons (Fsp3) is 0.409. The zero-order valence-corrected chi connectivity index (χ0v) is 17.7. The third-order valence-corrected chi connectivity index (χ3v) is 4.74. The largest absolute Gasteiger partial charge is 0.468 e. The van der Waals surface area contributed by atoms with Gasteiger partial charge in [0, 0.05) is 37.5 Å². The first-order valence-corrected chi connectivity index (χ1v) is 10.1. The molecule has 2 amide bonds. The molecule has 1 N–H and O–H groups in total. The highest BCUT2D eigenvalue weighted by molar-refractivity contribution is 5.95. The fourth-order valence-electron chi connectivity index (χ4n) is 3.33. The Balaban J connectivity index is 1.51. The average Bonchev–Trinajstić information content (AvgIpc) is 2.75. The van der Waals surface area contributed by atoms with Gasteiger partial charge in [0.15, 0.2) is 6.61 Å². The second kappa shape index (κ2) is 9.99. The van der Waals surface area contributed by atoms with E-state index in [9.17, 15) is 22.8 Å². The van der Waals surface area contributed by atoms with E-state index in [1.165, 1.54) is 12.1 Å². The van der Waals surface area contributed by atoms with E-state index in [-0.39, 0.29) is 36.1 Å². The van der Waals surface area contributed by atoms with Gasteiger partial charge in [0.25, 0.3) is 11.8 Å². The normalized spacial score (nSPS) is 18.8. The van der Waals surface area contributed by atoms with E-state index in [1.807, 2.05) is 13.8 Å². The van der Waals surface area contributed by atoms with Gasteiger partial charge < -0.3 is 19.7 Å². The third kappa shape index (κ3) is 6.68. The Kier molecular flexibility index (Phi) is 7.34. The fourth-order valence-corrected chi connectivity index (χ4v) is 3.33. The van der Waals surface area contributed by atoms with E-state index in [4.69, 9.17) is 4.74 Å². The van der Waals surface area contributed by atoms with Crippen LogP contribution in [0, 0.1) is 0 Å². The van der Waals surface area contributed by atoms with Crippen LogP contribution in [0.4, 0.5) is 13.2 Å². The highest BCUT2D eigenvalue weighted by atomic mass is 19.4. The Morgan fingerprint density at radius 3 is 2.28 bits per heavy atom. The molecule has 1 aromatic carbocycles. The van der Waals surface area contributed by atoms with Crippen LogP contribution in [-0.4, -0.2) is 59.8 Å². The van der Waals surface area contributed by atoms with E-state index >= 15 is 0 Å². The minimum absolute atomic E-state index is 0.0167. The van der Waals surface area contributed by atoms with Gasteiger partial charge in [-0.25, -0.2) is 4.98 Å². The molecule has 10 heteroatoms. The maximum atomic E-state index is 12.7. The molecule has 0 radical (unpaired) electrons. The molecule has 2 aromatic rings. The van der Waals surface area contributed by atoms with Gasteiger partial charge in [0.1, 0.15) is 0 Å². The van der Waals surface area contributed by atoms with Crippen molar-refractivity contribution in [1.82, 2.24) is 15.2 Å². The number of hydrogen-bond acceptors (Lipinski definition) is 5. The van der Waals surface area contributed by atoms with Crippen LogP contribution < -0.4 is 10.1 Å². The molecule has 32 heavy (non-hydrogen) atoms. The molecule has 1 aromatic heterocycles.